The first kappa shape index (κ1) is 97.3. The number of thiophene rings is 8. The minimum atomic E-state index is -1.88. The summed E-state index contributed by atoms with van der Waals surface area (Å²) in [5, 5.41) is 4.63. The van der Waals surface area contributed by atoms with Crippen LogP contribution >= 0.6 is 147 Å². The maximum atomic E-state index is 13.9. The Bertz CT molecular complexity index is 4260. The molecule has 0 aliphatic heterocycles. The Morgan fingerprint density at radius 2 is 0.546 bits per heavy atom. The van der Waals surface area contributed by atoms with E-state index in [0.717, 1.165) is 72.9 Å². The van der Waals surface area contributed by atoms with E-state index < -0.39 is 37.7 Å². The largest absolute Gasteiger partial charge is 1.00 e. The molecule has 0 amide bonds. The Morgan fingerprint density at radius 1 is 0.352 bits per heavy atom. The molecule has 0 saturated heterocycles. The third-order valence-corrected chi connectivity index (χ3v) is 67.1. The van der Waals surface area contributed by atoms with E-state index in [0.29, 0.717) is 64.2 Å². The molecule has 0 saturated carbocycles. The van der Waals surface area contributed by atoms with E-state index in [1.54, 1.807) is 38.6 Å². The molecule has 2 aromatic carbocycles. The van der Waals surface area contributed by atoms with Crippen LogP contribution in [0.2, 0.25) is 66.5 Å². The van der Waals surface area contributed by atoms with E-state index in [9.17, 15) is 14.4 Å². The van der Waals surface area contributed by atoms with Crippen LogP contribution in [-0.4, -0.2) is 69.5 Å². The van der Waals surface area contributed by atoms with Crippen LogP contribution < -0.4 is 36.9 Å². The van der Waals surface area contributed by atoms with Crippen molar-refractivity contribution in [1.29, 1.82) is 0 Å². The summed E-state index contributed by atoms with van der Waals surface area (Å²) in [4.78, 5) is 47.3. The molecule has 0 fully saturated rings. The fourth-order valence-corrected chi connectivity index (χ4v) is 67.2. The van der Waals surface area contributed by atoms with Gasteiger partial charge in [-0.15, -0.1) is 90.7 Å². The zero-order chi connectivity index (χ0) is 79.5. The number of esters is 2. The van der Waals surface area contributed by atoms with Crippen molar-refractivity contribution >= 4 is 255 Å². The predicted molar refractivity (Wildman–Crippen MR) is 518 cm³/mol. The van der Waals surface area contributed by atoms with Crippen LogP contribution in [0.5, 0.6) is 0 Å². The molecule has 0 atom stereocenters. The van der Waals surface area contributed by atoms with Crippen molar-refractivity contribution < 1.29 is 47.5 Å². The molecule has 22 heteroatoms. The molecule has 6 nitrogen and oxygen atoms in total. The number of rotatable bonds is 25. The van der Waals surface area contributed by atoms with Crippen LogP contribution in [0.1, 0.15) is 236 Å². The van der Waals surface area contributed by atoms with Gasteiger partial charge in [0.1, 0.15) is 32.3 Å². The quantitative estimate of drug-likeness (QED) is 0.0142. The molecule has 0 aliphatic rings. The molecule has 0 spiro atoms. The molecule has 10 rings (SSSR count). The second-order valence-electron chi connectivity index (χ2n) is 32.6. The first-order chi connectivity index (χ1) is 49.6. The molecular weight excluding hydrogens is 1790 g/mol. The van der Waals surface area contributed by atoms with Gasteiger partial charge in [0.25, 0.3) is 0 Å². The number of hydrogen-bond acceptors (Lipinski definition) is 14. The number of carbonyl (C=O) groups is 3. The van der Waals surface area contributed by atoms with E-state index in [4.69, 9.17) is 21.1 Å². The molecular formula is C86H124ClI2LiO6S8Si4. The van der Waals surface area contributed by atoms with Gasteiger partial charge in [0, 0.05) is 78.6 Å². The van der Waals surface area contributed by atoms with Crippen molar-refractivity contribution in [3.63, 3.8) is 0 Å². The monoisotopic (exact) mass is 1920 g/mol. The summed E-state index contributed by atoms with van der Waals surface area (Å²) in [5.41, 5.74) is 8.48. The first-order valence-corrected chi connectivity index (χ1v) is 56.3. The Balaban J connectivity index is 0.000000341. The van der Waals surface area contributed by atoms with Crippen LogP contribution in [0.4, 0.5) is 4.79 Å². The molecule has 10 aromatic rings. The van der Waals surface area contributed by atoms with Crippen molar-refractivity contribution in [1.82, 2.24) is 0 Å². The van der Waals surface area contributed by atoms with Gasteiger partial charge in [0.15, 0.2) is 0 Å². The van der Waals surface area contributed by atoms with Gasteiger partial charge >= 0.3 is 36.2 Å². The standard InChI is InChI=1S/C42H58O4S4Si2.C36H48I2S4Si2.C4H9.C3H5ClO2.CH4.Li/c1-15-45-41(43)37-29-21-34-30(22-33(29)49-39(37)31-17-19-35(47-31)51(23(3)4,24(5)6)25(7)8)38(42(44)46-16-2)40(50-34)32-18-20-36(48-32)52(26(9)10,27(11)12)28(13)14;1-19(2)43(20(3)4,21(5)6)31-15-13-27(39-31)35-33(37)25-17-30-26(18-29(25)41-35)34(38)36(42-30)28-14-16-32(40-28)44(22(7)8,23(9)10)24(11)12;1-4(2)3;1-2-6-3(4)5;;/h17-28H,15-16H2,1-14H3;13-24H,1-12H3;1-3H3;2H2,1H3;1H4;/q;;-1;;;+1. The van der Waals surface area contributed by atoms with Crippen LogP contribution in [0.3, 0.4) is 0 Å². The van der Waals surface area contributed by atoms with E-state index in [-0.39, 0.29) is 38.2 Å². The normalized spacial score (nSPS) is 12.5. The van der Waals surface area contributed by atoms with Crippen LogP contribution in [-0.2, 0) is 14.2 Å². The summed E-state index contributed by atoms with van der Waals surface area (Å²) in [6.07, 6.45) is 0. The Kier molecular flexibility index (Phi) is 36.7. The average molecular weight is 1920 g/mol. The summed E-state index contributed by atoms with van der Waals surface area (Å²) >= 11 is 25.2. The number of halogens is 3. The van der Waals surface area contributed by atoms with Gasteiger partial charge in [-0.05, 0) is 199 Å². The van der Waals surface area contributed by atoms with E-state index >= 15 is 0 Å². The molecule has 0 unspecified atom stereocenters. The Morgan fingerprint density at radius 3 is 0.741 bits per heavy atom. The van der Waals surface area contributed by atoms with Crippen molar-refractivity contribution in [2.24, 2.45) is 0 Å². The summed E-state index contributed by atoms with van der Waals surface area (Å²) in [7, 11) is -7.06. The first-order valence-electron chi connectivity index (χ1n) is 38.3. The second-order valence-corrected chi connectivity index (χ2v) is 68.6. The van der Waals surface area contributed by atoms with E-state index in [2.05, 4.69) is 332 Å². The number of ether oxygens (including phenoxy) is 3. The number of fused-ring (bicyclic) bond motifs is 4. The Hall–Kier alpha value is -1.30. The van der Waals surface area contributed by atoms with Gasteiger partial charge in [-0.3, -0.25) is 0 Å². The van der Waals surface area contributed by atoms with Gasteiger partial charge < -0.3 is 20.1 Å². The third kappa shape index (κ3) is 19.0. The summed E-state index contributed by atoms with van der Waals surface area (Å²) < 4.78 is 29.7. The zero-order valence-corrected chi connectivity index (χ0v) is 85.4. The van der Waals surface area contributed by atoms with Crippen molar-refractivity contribution in [2.75, 3.05) is 19.8 Å². The maximum Gasteiger partial charge on any atom is 1.00 e. The number of hydrogen-bond donors (Lipinski definition) is 0. The second kappa shape index (κ2) is 40.7. The van der Waals surface area contributed by atoms with Gasteiger partial charge in [0.2, 0.25) is 0 Å². The molecule has 0 N–H and O–H groups in total. The molecule has 8 aromatic heterocycles. The van der Waals surface area contributed by atoms with Gasteiger partial charge in [-0.1, -0.05) is 198 Å². The molecule has 8 heterocycles. The molecule has 0 aliphatic carbocycles. The van der Waals surface area contributed by atoms with Crippen LogP contribution in [0, 0.1) is 13.1 Å². The van der Waals surface area contributed by atoms with Gasteiger partial charge in [-0.25, -0.2) is 14.4 Å². The molecule has 0 bridgehead atoms. The molecule has 590 valence electrons. The van der Waals surface area contributed by atoms with Crippen LogP contribution in [0.25, 0.3) is 79.4 Å². The minimum Gasteiger partial charge on any atom is -0.462 e. The average Bonchev–Trinajstić information content (AvgIpc) is 1.59. The predicted octanol–water partition coefficient (Wildman–Crippen LogP) is 28.9. The zero-order valence-electron chi connectivity index (χ0n) is 69.8. The topological polar surface area (TPSA) is 78.9 Å². The van der Waals surface area contributed by atoms with Gasteiger partial charge in [-0.2, -0.15) is 20.8 Å². The maximum absolute atomic E-state index is 13.9. The fraction of sp³-hybridized carbons (Fsp3) is 0.535. The summed E-state index contributed by atoms with van der Waals surface area (Å²) in [6, 6.07) is 28.3. The van der Waals surface area contributed by atoms with E-state index in [1.807, 2.05) is 59.2 Å². The number of carbonyl (C=O) groups excluding carboxylic acids is 3. The molecule has 0 radical (unpaired) electrons. The van der Waals surface area contributed by atoms with Gasteiger partial charge in [0.05, 0.1) is 50.5 Å². The smallest absolute Gasteiger partial charge is 0.462 e. The summed E-state index contributed by atoms with van der Waals surface area (Å²) in [5.74, 6) is 0.835. The Labute approximate surface area is 731 Å². The third-order valence-electron chi connectivity index (χ3n) is 22.6. The minimum absolute atomic E-state index is 0. The van der Waals surface area contributed by atoms with Crippen LogP contribution in [0.15, 0.2) is 72.8 Å². The number of benzene rings is 2. The summed E-state index contributed by atoms with van der Waals surface area (Å²) in [6.45, 7) is 71.1. The van der Waals surface area contributed by atoms with Crippen molar-refractivity contribution in [2.45, 2.75) is 282 Å². The SMILES string of the molecule is C.CC(C)[Si](c1ccc(-c2sc3cc4c(I)c(-c5ccc([Si](C(C)C)(C(C)C)C(C)C)s5)sc4cc3c2I)s1)(C(C)C)C(C)C.CCOC(=O)Cl.CCOC(=O)c1c(-c2ccc([Si](C(C)C)(C(C)C)C(C)C)s2)sc2cc3c(C(=O)OCC)c(-c4ccc([Si](C(C)C)(C(C)C)C(C)C)s4)sc3cc12.C[C-](C)C.[Li+]. The van der Waals surface area contributed by atoms with E-state index in [1.165, 1.54) is 61.7 Å². The van der Waals surface area contributed by atoms with Crippen molar-refractivity contribution in [3.8, 4) is 39.0 Å². The molecule has 108 heavy (non-hydrogen) atoms. The fourth-order valence-electron chi connectivity index (χ4n) is 19.1. The van der Waals surface area contributed by atoms with Crippen molar-refractivity contribution in [3.05, 3.63) is 97.0 Å².